The standard InChI is InChI=1S/C13H15N3O3S/c1-3-8(2)16(7-12(17)18)13(19)9-4-5-10-11(6-9)15-20-14-10/h4-6,8H,3,7H2,1-2H3,(H,17,18). The van der Waals surface area contributed by atoms with Gasteiger partial charge in [0.1, 0.15) is 17.9 Å². The molecule has 0 aliphatic carbocycles. The summed E-state index contributed by atoms with van der Waals surface area (Å²) in [5, 5.41) is 8.95. The number of carboxylic acid groups (broad SMARTS) is 1. The highest BCUT2D eigenvalue weighted by atomic mass is 32.1. The number of aliphatic carboxylic acids is 1. The molecule has 0 bridgehead atoms. The van der Waals surface area contributed by atoms with Crippen LogP contribution in [0.1, 0.15) is 30.6 Å². The van der Waals surface area contributed by atoms with Gasteiger partial charge in [0.05, 0.1) is 11.4 Å². The molecule has 1 aromatic rings. The normalized spacial score (nSPS) is 13.5. The van der Waals surface area contributed by atoms with Gasteiger partial charge in [0.2, 0.25) is 0 Å². The van der Waals surface area contributed by atoms with E-state index in [2.05, 4.69) is 8.73 Å². The molecular weight excluding hydrogens is 278 g/mol. The van der Waals surface area contributed by atoms with Crippen LogP contribution in [0.2, 0.25) is 0 Å². The summed E-state index contributed by atoms with van der Waals surface area (Å²) in [4.78, 5) is 24.8. The quantitative estimate of drug-likeness (QED) is 0.920. The number of carbonyl (C=O) groups is 2. The van der Waals surface area contributed by atoms with Crippen LogP contribution in [-0.2, 0) is 16.1 Å². The highest BCUT2D eigenvalue weighted by molar-refractivity contribution is 7.58. The summed E-state index contributed by atoms with van der Waals surface area (Å²) in [5.74, 6) is -1.31. The highest BCUT2D eigenvalue weighted by Crippen LogP contribution is 2.32. The molecular formula is C13H15N3O3S. The van der Waals surface area contributed by atoms with Gasteiger partial charge in [-0.25, -0.2) is 0 Å². The monoisotopic (exact) mass is 293 g/mol. The van der Waals surface area contributed by atoms with Gasteiger partial charge in [0.15, 0.2) is 0 Å². The minimum absolute atomic E-state index is 0.136. The van der Waals surface area contributed by atoms with Crippen molar-refractivity contribution in [2.45, 2.75) is 26.3 Å². The molecule has 1 heterocycles. The fraction of sp³-hybridized carbons (Fsp3) is 0.385. The Balaban J connectivity index is 2.27. The third kappa shape index (κ3) is 2.93. The highest BCUT2D eigenvalue weighted by Gasteiger charge is 2.23. The lowest BCUT2D eigenvalue weighted by molar-refractivity contribution is -0.138. The molecule has 1 unspecified atom stereocenters. The van der Waals surface area contributed by atoms with Crippen molar-refractivity contribution in [1.82, 2.24) is 4.90 Å². The van der Waals surface area contributed by atoms with Gasteiger partial charge in [-0.1, -0.05) is 6.92 Å². The molecule has 1 amide bonds. The van der Waals surface area contributed by atoms with Crippen LogP contribution >= 0.6 is 0 Å². The number of hydrogen-bond acceptors (Lipinski definition) is 4. The lowest BCUT2D eigenvalue weighted by Gasteiger charge is -2.27. The maximum atomic E-state index is 12.5. The summed E-state index contributed by atoms with van der Waals surface area (Å²) >= 11 is 1.08. The third-order valence-electron chi connectivity index (χ3n) is 3.19. The number of benzene rings is 1. The van der Waals surface area contributed by atoms with Crippen LogP contribution in [0.15, 0.2) is 26.9 Å². The zero-order valence-electron chi connectivity index (χ0n) is 11.2. The first-order valence-corrected chi connectivity index (χ1v) is 7.01. The number of hydrogen-bond donors (Lipinski definition) is 1. The first kappa shape index (κ1) is 14.4. The van der Waals surface area contributed by atoms with Crippen molar-refractivity contribution in [2.24, 2.45) is 8.73 Å². The van der Waals surface area contributed by atoms with Crippen LogP contribution in [0.5, 0.6) is 0 Å². The van der Waals surface area contributed by atoms with Gasteiger partial charge < -0.3 is 10.0 Å². The van der Waals surface area contributed by atoms with Crippen LogP contribution in [0.3, 0.4) is 0 Å². The smallest absolute Gasteiger partial charge is 0.323 e. The van der Waals surface area contributed by atoms with Crippen molar-refractivity contribution in [3.05, 3.63) is 23.8 Å². The predicted octanol–water partition coefficient (Wildman–Crippen LogP) is 2.74. The van der Waals surface area contributed by atoms with Gasteiger partial charge in [0, 0.05) is 11.6 Å². The molecule has 0 saturated heterocycles. The molecule has 0 saturated carbocycles. The van der Waals surface area contributed by atoms with E-state index in [-0.39, 0.29) is 18.5 Å². The molecule has 20 heavy (non-hydrogen) atoms. The number of nitrogens with zero attached hydrogens (tertiary/aromatic N) is 3. The number of amides is 1. The Morgan fingerprint density at radius 2 is 2.05 bits per heavy atom. The number of carboxylic acids is 1. The van der Waals surface area contributed by atoms with E-state index in [4.69, 9.17) is 5.11 Å². The minimum atomic E-state index is -1.02. The van der Waals surface area contributed by atoms with E-state index in [0.29, 0.717) is 17.7 Å². The SMILES string of the molecule is CCC(C)N(CC(=O)O)C(=O)c1ccc2c(c1)N=S=N2. The molecule has 0 aromatic heterocycles. The van der Waals surface area contributed by atoms with Crippen LogP contribution in [0.4, 0.5) is 11.4 Å². The van der Waals surface area contributed by atoms with E-state index in [9.17, 15) is 9.59 Å². The first-order valence-electron chi connectivity index (χ1n) is 6.28. The van der Waals surface area contributed by atoms with E-state index in [0.717, 1.165) is 17.0 Å². The molecule has 0 spiro atoms. The first-order chi connectivity index (χ1) is 9.52. The Bertz CT molecular complexity index is 623. The molecule has 7 heteroatoms. The summed E-state index contributed by atoms with van der Waals surface area (Å²) in [6.45, 7) is 3.45. The second kappa shape index (κ2) is 5.96. The fourth-order valence-corrected chi connectivity index (χ4v) is 2.39. The summed E-state index contributed by atoms with van der Waals surface area (Å²) in [5.41, 5.74) is 1.83. The molecule has 1 aromatic carbocycles. The topological polar surface area (TPSA) is 82.3 Å². The van der Waals surface area contributed by atoms with E-state index < -0.39 is 5.97 Å². The van der Waals surface area contributed by atoms with Gasteiger partial charge in [-0.2, -0.15) is 8.73 Å². The molecule has 0 fully saturated rings. The number of rotatable bonds is 5. The van der Waals surface area contributed by atoms with Crippen molar-refractivity contribution < 1.29 is 14.7 Å². The molecule has 1 aliphatic rings. The maximum absolute atomic E-state index is 12.5. The lowest BCUT2D eigenvalue weighted by Crippen LogP contribution is -2.41. The van der Waals surface area contributed by atoms with Crippen LogP contribution in [-0.4, -0.2) is 34.5 Å². The Kier molecular flexibility index (Phi) is 4.29. The zero-order valence-corrected chi connectivity index (χ0v) is 12.1. The summed E-state index contributed by atoms with van der Waals surface area (Å²) in [7, 11) is 0. The largest absolute Gasteiger partial charge is 0.480 e. The Morgan fingerprint density at radius 3 is 2.70 bits per heavy atom. The Labute approximate surface area is 120 Å². The van der Waals surface area contributed by atoms with Gasteiger partial charge >= 0.3 is 5.97 Å². The molecule has 1 N–H and O–H groups in total. The van der Waals surface area contributed by atoms with Crippen LogP contribution in [0.25, 0.3) is 0 Å². The summed E-state index contributed by atoms with van der Waals surface area (Å²) < 4.78 is 8.17. The Morgan fingerprint density at radius 1 is 1.35 bits per heavy atom. The van der Waals surface area contributed by atoms with Gasteiger partial charge in [-0.3, -0.25) is 9.59 Å². The Hall–Kier alpha value is -2.02. The number of fused-ring (bicyclic) bond motifs is 1. The molecule has 106 valence electrons. The van der Waals surface area contributed by atoms with Crippen LogP contribution < -0.4 is 0 Å². The van der Waals surface area contributed by atoms with E-state index in [1.54, 1.807) is 18.2 Å². The molecule has 0 radical (unpaired) electrons. The summed E-state index contributed by atoms with van der Waals surface area (Å²) in [6.07, 6.45) is 0.694. The van der Waals surface area contributed by atoms with E-state index in [1.165, 1.54) is 4.90 Å². The zero-order chi connectivity index (χ0) is 14.7. The van der Waals surface area contributed by atoms with Crippen molar-refractivity contribution >= 4 is 34.6 Å². The van der Waals surface area contributed by atoms with Crippen molar-refractivity contribution in [1.29, 1.82) is 0 Å². The molecule has 1 aliphatic heterocycles. The van der Waals surface area contributed by atoms with Crippen LogP contribution in [0, 0.1) is 0 Å². The van der Waals surface area contributed by atoms with Gasteiger partial charge in [0.25, 0.3) is 5.91 Å². The average molecular weight is 293 g/mol. The second-order valence-corrected chi connectivity index (χ2v) is 5.08. The fourth-order valence-electron chi connectivity index (χ4n) is 1.87. The maximum Gasteiger partial charge on any atom is 0.323 e. The lowest BCUT2D eigenvalue weighted by atomic mass is 10.1. The van der Waals surface area contributed by atoms with Crippen molar-refractivity contribution in [3.8, 4) is 0 Å². The molecule has 2 rings (SSSR count). The van der Waals surface area contributed by atoms with Gasteiger partial charge in [-0.15, -0.1) is 0 Å². The second-order valence-electron chi connectivity index (χ2n) is 4.55. The molecule has 1 atom stereocenters. The minimum Gasteiger partial charge on any atom is -0.480 e. The summed E-state index contributed by atoms with van der Waals surface area (Å²) in [6, 6.07) is 4.89. The predicted molar refractivity (Wildman–Crippen MR) is 76.4 cm³/mol. The van der Waals surface area contributed by atoms with E-state index >= 15 is 0 Å². The van der Waals surface area contributed by atoms with E-state index in [1.807, 2.05) is 13.8 Å². The van der Waals surface area contributed by atoms with Crippen molar-refractivity contribution in [2.75, 3.05) is 6.54 Å². The van der Waals surface area contributed by atoms with Gasteiger partial charge in [-0.05, 0) is 31.5 Å². The molecule has 6 nitrogen and oxygen atoms in total. The average Bonchev–Trinajstić information content (AvgIpc) is 2.90. The third-order valence-corrected chi connectivity index (χ3v) is 3.75. The van der Waals surface area contributed by atoms with Crippen molar-refractivity contribution in [3.63, 3.8) is 0 Å². The number of carbonyl (C=O) groups excluding carboxylic acids is 1.